The summed E-state index contributed by atoms with van der Waals surface area (Å²) in [5.74, 6) is -0.858. The zero-order valence-electron chi connectivity index (χ0n) is 16.4. The monoisotopic (exact) mass is 392 g/mol. The Labute approximate surface area is 165 Å². The van der Waals surface area contributed by atoms with Crippen molar-refractivity contribution in [2.45, 2.75) is 44.8 Å². The fourth-order valence-corrected chi connectivity index (χ4v) is 3.17. The van der Waals surface area contributed by atoms with Crippen LogP contribution in [0.5, 0.6) is 0 Å². The van der Waals surface area contributed by atoms with Gasteiger partial charge >= 0.3 is 11.9 Å². The number of rotatable bonds is 10. The van der Waals surface area contributed by atoms with Crippen LogP contribution < -0.4 is 5.73 Å². The Bertz CT molecular complexity index is 652. The number of nitrogens with two attached hydrogens (primary N) is 1. The molecular formula is C20H28N2O4S. The molecule has 0 bridgehead atoms. The largest absolute Gasteiger partial charge is 0.458 e. The summed E-state index contributed by atoms with van der Waals surface area (Å²) in [4.78, 5) is 24.4. The highest BCUT2D eigenvalue weighted by Gasteiger charge is 2.20. The molecule has 0 heterocycles. The standard InChI is InChI=1S/C20H28N2O4S/c1-13(2)19(23)25-15(5)11-22(12-16(6)26-20(24)14(3)4)27-18-9-7-17(21)8-10-18/h7-10,15-16H,1,3,11-12,21H2,2,4-6H3. The molecule has 7 heteroatoms. The summed E-state index contributed by atoms with van der Waals surface area (Å²) >= 11 is 1.48. The van der Waals surface area contributed by atoms with Crippen LogP contribution in [0, 0.1) is 0 Å². The average molecular weight is 393 g/mol. The van der Waals surface area contributed by atoms with Gasteiger partial charge in [0.1, 0.15) is 12.2 Å². The molecule has 148 valence electrons. The number of nitrogens with zero attached hydrogens (tertiary/aromatic N) is 1. The number of benzene rings is 1. The molecule has 0 saturated heterocycles. The highest BCUT2D eigenvalue weighted by Crippen LogP contribution is 2.25. The molecule has 1 rings (SSSR count). The van der Waals surface area contributed by atoms with Gasteiger partial charge in [0.05, 0.1) is 0 Å². The lowest BCUT2D eigenvalue weighted by molar-refractivity contribution is -0.144. The van der Waals surface area contributed by atoms with E-state index >= 15 is 0 Å². The third-order valence-corrected chi connectivity index (χ3v) is 4.39. The molecule has 2 N–H and O–H groups in total. The third-order valence-electron chi connectivity index (χ3n) is 3.35. The number of hydrogen-bond acceptors (Lipinski definition) is 7. The van der Waals surface area contributed by atoms with E-state index in [1.165, 1.54) is 11.9 Å². The molecule has 0 amide bonds. The number of anilines is 1. The van der Waals surface area contributed by atoms with Crippen molar-refractivity contribution < 1.29 is 19.1 Å². The minimum Gasteiger partial charge on any atom is -0.458 e. The van der Waals surface area contributed by atoms with Gasteiger partial charge in [-0.25, -0.2) is 13.9 Å². The lowest BCUT2D eigenvalue weighted by Crippen LogP contribution is -2.35. The molecule has 1 aromatic carbocycles. The third kappa shape index (κ3) is 8.79. The van der Waals surface area contributed by atoms with Crippen LogP contribution in [0.25, 0.3) is 0 Å². The van der Waals surface area contributed by atoms with E-state index in [1.54, 1.807) is 13.8 Å². The number of nitrogen functional groups attached to an aromatic ring is 1. The van der Waals surface area contributed by atoms with Crippen LogP contribution in [-0.4, -0.2) is 41.5 Å². The summed E-state index contributed by atoms with van der Waals surface area (Å²) in [6, 6.07) is 7.44. The summed E-state index contributed by atoms with van der Waals surface area (Å²) in [5, 5.41) is 0. The number of esters is 2. The van der Waals surface area contributed by atoms with Gasteiger partial charge in [-0.1, -0.05) is 13.2 Å². The summed E-state index contributed by atoms with van der Waals surface area (Å²) in [6.45, 7) is 14.9. The van der Waals surface area contributed by atoms with Gasteiger partial charge in [0.2, 0.25) is 0 Å². The van der Waals surface area contributed by atoms with Crippen LogP contribution in [0.1, 0.15) is 27.7 Å². The maximum atomic E-state index is 11.7. The summed E-state index contributed by atoms with van der Waals surface area (Å²) in [6.07, 6.45) is -0.723. The maximum absolute atomic E-state index is 11.7. The SMILES string of the molecule is C=C(C)C(=O)OC(C)CN(CC(C)OC(=O)C(=C)C)Sc1ccc(N)cc1. The zero-order chi connectivity index (χ0) is 20.6. The normalized spacial score (nSPS) is 12.9. The van der Waals surface area contributed by atoms with Crippen molar-refractivity contribution in [2.24, 2.45) is 0 Å². The minimum absolute atomic E-state index is 0.350. The summed E-state index contributed by atoms with van der Waals surface area (Å²) in [5.41, 5.74) is 7.11. The first-order chi connectivity index (χ1) is 12.6. The van der Waals surface area contributed by atoms with Gasteiger partial charge in [0, 0.05) is 34.8 Å². The minimum atomic E-state index is -0.429. The van der Waals surface area contributed by atoms with E-state index in [0.29, 0.717) is 29.9 Å². The van der Waals surface area contributed by atoms with E-state index in [2.05, 4.69) is 13.2 Å². The van der Waals surface area contributed by atoms with Crippen molar-refractivity contribution in [1.82, 2.24) is 4.31 Å². The van der Waals surface area contributed by atoms with E-state index < -0.39 is 11.9 Å². The fourth-order valence-electron chi connectivity index (χ4n) is 2.04. The Morgan fingerprint density at radius 3 is 1.78 bits per heavy atom. The number of hydrogen-bond donors (Lipinski definition) is 1. The van der Waals surface area contributed by atoms with Crippen molar-refractivity contribution in [2.75, 3.05) is 18.8 Å². The van der Waals surface area contributed by atoms with E-state index in [0.717, 1.165) is 4.90 Å². The Hall–Kier alpha value is -2.25. The Kier molecular flexibility index (Phi) is 9.11. The molecule has 0 aliphatic rings. The van der Waals surface area contributed by atoms with Gasteiger partial charge in [-0.05, 0) is 63.9 Å². The zero-order valence-corrected chi connectivity index (χ0v) is 17.2. The van der Waals surface area contributed by atoms with Gasteiger partial charge in [-0.15, -0.1) is 0 Å². The van der Waals surface area contributed by atoms with Gasteiger partial charge in [-0.3, -0.25) is 0 Å². The van der Waals surface area contributed by atoms with Gasteiger partial charge in [-0.2, -0.15) is 0 Å². The number of ether oxygens (including phenoxy) is 2. The van der Waals surface area contributed by atoms with E-state index in [9.17, 15) is 9.59 Å². The van der Waals surface area contributed by atoms with Crippen LogP contribution in [0.3, 0.4) is 0 Å². The highest BCUT2D eigenvalue weighted by atomic mass is 32.2. The Morgan fingerprint density at radius 2 is 1.41 bits per heavy atom. The van der Waals surface area contributed by atoms with Crippen LogP contribution in [0.2, 0.25) is 0 Å². The summed E-state index contributed by atoms with van der Waals surface area (Å²) < 4.78 is 12.7. The van der Waals surface area contributed by atoms with Crippen molar-refractivity contribution >= 4 is 29.6 Å². The number of carbonyl (C=O) groups excluding carboxylic acids is 2. The first-order valence-corrected chi connectivity index (χ1v) is 9.37. The van der Waals surface area contributed by atoms with Crippen LogP contribution in [0.15, 0.2) is 53.5 Å². The second-order valence-electron chi connectivity index (χ2n) is 6.50. The van der Waals surface area contributed by atoms with E-state index in [1.807, 2.05) is 42.4 Å². The van der Waals surface area contributed by atoms with Crippen LogP contribution in [0.4, 0.5) is 5.69 Å². The second kappa shape index (κ2) is 10.8. The molecule has 0 aliphatic heterocycles. The second-order valence-corrected chi connectivity index (χ2v) is 7.67. The Morgan fingerprint density at radius 1 is 1.00 bits per heavy atom. The smallest absolute Gasteiger partial charge is 0.333 e. The lowest BCUT2D eigenvalue weighted by Gasteiger charge is -2.27. The van der Waals surface area contributed by atoms with Gasteiger partial charge in [0.15, 0.2) is 0 Å². The maximum Gasteiger partial charge on any atom is 0.333 e. The van der Waals surface area contributed by atoms with Crippen molar-refractivity contribution in [3.05, 3.63) is 48.6 Å². The van der Waals surface area contributed by atoms with Gasteiger partial charge < -0.3 is 15.2 Å². The quantitative estimate of drug-likeness (QED) is 0.282. The van der Waals surface area contributed by atoms with Crippen LogP contribution >= 0.6 is 11.9 Å². The summed E-state index contributed by atoms with van der Waals surface area (Å²) in [7, 11) is 0. The molecule has 1 aromatic rings. The molecule has 0 aromatic heterocycles. The molecule has 0 spiro atoms. The van der Waals surface area contributed by atoms with E-state index in [4.69, 9.17) is 15.2 Å². The highest BCUT2D eigenvalue weighted by molar-refractivity contribution is 7.97. The molecule has 27 heavy (non-hydrogen) atoms. The average Bonchev–Trinajstić information content (AvgIpc) is 2.56. The first-order valence-electron chi connectivity index (χ1n) is 8.60. The molecule has 6 nitrogen and oxygen atoms in total. The topological polar surface area (TPSA) is 81.9 Å². The van der Waals surface area contributed by atoms with Gasteiger partial charge in [0.25, 0.3) is 0 Å². The Balaban J connectivity index is 2.79. The lowest BCUT2D eigenvalue weighted by atomic mass is 10.3. The van der Waals surface area contributed by atoms with Crippen molar-refractivity contribution in [3.8, 4) is 0 Å². The molecule has 0 fully saturated rings. The molecular weight excluding hydrogens is 364 g/mol. The first kappa shape index (κ1) is 22.8. The van der Waals surface area contributed by atoms with Crippen LogP contribution in [-0.2, 0) is 19.1 Å². The molecule has 2 unspecified atom stereocenters. The molecule has 0 saturated carbocycles. The predicted octanol–water partition coefficient (Wildman–Crippen LogP) is 3.59. The van der Waals surface area contributed by atoms with Crippen molar-refractivity contribution in [3.63, 3.8) is 0 Å². The molecule has 0 aliphatic carbocycles. The molecule has 2 atom stereocenters. The predicted molar refractivity (Wildman–Crippen MR) is 109 cm³/mol. The van der Waals surface area contributed by atoms with Crippen molar-refractivity contribution in [1.29, 1.82) is 0 Å². The van der Waals surface area contributed by atoms with E-state index in [-0.39, 0.29) is 12.2 Å². The fraction of sp³-hybridized carbons (Fsp3) is 0.400. The molecule has 0 radical (unpaired) electrons. The number of carbonyl (C=O) groups is 2.